The van der Waals surface area contributed by atoms with E-state index in [2.05, 4.69) is 26.8 Å². The van der Waals surface area contributed by atoms with Gasteiger partial charge in [0, 0.05) is 19.8 Å². The molecule has 0 radical (unpaired) electrons. The smallest absolute Gasteiger partial charge is 0.231 e. The molecule has 0 atom stereocenters. The van der Waals surface area contributed by atoms with Gasteiger partial charge in [-0.3, -0.25) is 4.99 Å². The van der Waals surface area contributed by atoms with Gasteiger partial charge in [-0.1, -0.05) is 24.3 Å². The van der Waals surface area contributed by atoms with Gasteiger partial charge in [0.05, 0.1) is 17.9 Å². The molecule has 2 aromatic carbocycles. The molecule has 7 heteroatoms. The van der Waals surface area contributed by atoms with E-state index < -0.39 is 0 Å². The second kappa shape index (κ2) is 8.47. The molecular formula is C21H23N5O2. The number of fused-ring (bicyclic) bond motifs is 1. The van der Waals surface area contributed by atoms with Crippen molar-refractivity contribution in [2.24, 2.45) is 4.99 Å². The molecule has 0 bridgehead atoms. The maximum absolute atomic E-state index is 5.42. The normalized spacial score (nSPS) is 12.8. The molecule has 3 aromatic rings. The van der Waals surface area contributed by atoms with E-state index in [1.54, 1.807) is 7.05 Å². The molecule has 28 heavy (non-hydrogen) atoms. The van der Waals surface area contributed by atoms with Gasteiger partial charge < -0.3 is 20.1 Å². The Balaban J connectivity index is 1.26. The third-order valence-electron chi connectivity index (χ3n) is 4.47. The van der Waals surface area contributed by atoms with Gasteiger partial charge in [0.25, 0.3) is 0 Å². The van der Waals surface area contributed by atoms with Gasteiger partial charge >= 0.3 is 0 Å². The Morgan fingerprint density at radius 3 is 2.79 bits per heavy atom. The maximum atomic E-state index is 5.42. The second-order valence-corrected chi connectivity index (χ2v) is 6.38. The van der Waals surface area contributed by atoms with E-state index in [4.69, 9.17) is 9.47 Å². The van der Waals surface area contributed by atoms with Crippen LogP contribution in [0.3, 0.4) is 0 Å². The number of aliphatic imine (C=N–C) groups is 1. The van der Waals surface area contributed by atoms with Crippen LogP contribution in [-0.4, -0.2) is 36.1 Å². The topological polar surface area (TPSA) is 72.7 Å². The lowest BCUT2D eigenvalue weighted by atomic mass is 10.1. The van der Waals surface area contributed by atoms with E-state index in [1.165, 1.54) is 5.56 Å². The van der Waals surface area contributed by atoms with Crippen LogP contribution >= 0.6 is 0 Å². The summed E-state index contributed by atoms with van der Waals surface area (Å²) in [4.78, 5) is 4.27. The number of hydrogen-bond donors (Lipinski definition) is 2. The molecular weight excluding hydrogens is 354 g/mol. The SMILES string of the molecule is CN=C(NCCc1ccc2c(c1)OCO2)NCc1ccn(-c2ccccc2)n1. The molecule has 0 spiro atoms. The molecule has 144 valence electrons. The molecule has 0 aliphatic carbocycles. The van der Waals surface area contributed by atoms with Crippen molar-refractivity contribution in [3.63, 3.8) is 0 Å². The summed E-state index contributed by atoms with van der Waals surface area (Å²) in [6, 6.07) is 18.1. The monoisotopic (exact) mass is 377 g/mol. The molecule has 2 heterocycles. The molecule has 4 rings (SSSR count). The number of para-hydroxylation sites is 1. The van der Waals surface area contributed by atoms with Gasteiger partial charge in [-0.2, -0.15) is 5.10 Å². The first-order valence-corrected chi connectivity index (χ1v) is 9.25. The van der Waals surface area contributed by atoms with Crippen LogP contribution in [0.5, 0.6) is 11.5 Å². The number of benzene rings is 2. The molecule has 0 amide bonds. The van der Waals surface area contributed by atoms with Crippen molar-refractivity contribution in [1.29, 1.82) is 0 Å². The van der Waals surface area contributed by atoms with Crippen LogP contribution in [0.1, 0.15) is 11.3 Å². The summed E-state index contributed by atoms with van der Waals surface area (Å²) in [6.07, 6.45) is 2.82. The third kappa shape index (κ3) is 4.25. The van der Waals surface area contributed by atoms with Crippen molar-refractivity contribution in [2.45, 2.75) is 13.0 Å². The Bertz CT molecular complexity index is 952. The van der Waals surface area contributed by atoms with Gasteiger partial charge in [0.2, 0.25) is 6.79 Å². The van der Waals surface area contributed by atoms with Gasteiger partial charge in [0.15, 0.2) is 17.5 Å². The van der Waals surface area contributed by atoms with E-state index in [0.717, 1.165) is 41.8 Å². The first kappa shape index (κ1) is 17.9. The summed E-state index contributed by atoms with van der Waals surface area (Å²) in [7, 11) is 1.76. The summed E-state index contributed by atoms with van der Waals surface area (Å²) in [5, 5.41) is 11.2. The minimum atomic E-state index is 0.299. The van der Waals surface area contributed by atoms with Crippen molar-refractivity contribution in [2.75, 3.05) is 20.4 Å². The van der Waals surface area contributed by atoms with Gasteiger partial charge in [0.1, 0.15) is 0 Å². The van der Waals surface area contributed by atoms with Crippen LogP contribution in [0, 0.1) is 0 Å². The van der Waals surface area contributed by atoms with Crippen LogP contribution in [0.2, 0.25) is 0 Å². The third-order valence-corrected chi connectivity index (χ3v) is 4.47. The molecule has 0 saturated heterocycles. The summed E-state index contributed by atoms with van der Waals surface area (Å²) in [5.74, 6) is 2.37. The Morgan fingerprint density at radius 2 is 1.93 bits per heavy atom. The number of guanidine groups is 1. The molecule has 0 unspecified atom stereocenters. The summed E-state index contributed by atoms with van der Waals surface area (Å²) in [5.41, 5.74) is 3.18. The van der Waals surface area contributed by atoms with Crippen LogP contribution in [0.4, 0.5) is 0 Å². The van der Waals surface area contributed by atoms with Crippen LogP contribution in [0.25, 0.3) is 5.69 Å². The van der Waals surface area contributed by atoms with Crippen molar-refractivity contribution in [3.8, 4) is 17.2 Å². The average molecular weight is 377 g/mol. The Kier molecular flexibility index (Phi) is 5.42. The lowest BCUT2D eigenvalue weighted by Gasteiger charge is -2.11. The van der Waals surface area contributed by atoms with Crippen LogP contribution < -0.4 is 20.1 Å². The predicted octanol–water partition coefficient (Wildman–Crippen LogP) is 2.51. The van der Waals surface area contributed by atoms with Gasteiger partial charge in [-0.25, -0.2) is 4.68 Å². The van der Waals surface area contributed by atoms with Gasteiger partial charge in [-0.05, 0) is 42.3 Å². The standard InChI is InChI=1S/C21H23N5O2/c1-22-21(23-11-9-16-7-8-19-20(13-16)28-15-27-19)24-14-17-10-12-26(25-17)18-5-3-2-4-6-18/h2-8,10,12-13H,9,11,14-15H2,1H3,(H2,22,23,24). The number of ether oxygens (including phenoxy) is 2. The molecule has 0 fully saturated rings. The van der Waals surface area contributed by atoms with Crippen LogP contribution in [0.15, 0.2) is 65.8 Å². The summed E-state index contributed by atoms with van der Waals surface area (Å²) in [6.45, 7) is 1.66. The Labute approximate surface area is 164 Å². The Hall–Kier alpha value is -3.48. The number of aromatic nitrogens is 2. The molecule has 1 aliphatic rings. The van der Waals surface area contributed by atoms with Gasteiger partial charge in [-0.15, -0.1) is 0 Å². The number of nitrogens with one attached hydrogen (secondary N) is 2. The zero-order chi connectivity index (χ0) is 19.2. The van der Waals surface area contributed by atoms with Crippen LogP contribution in [-0.2, 0) is 13.0 Å². The van der Waals surface area contributed by atoms with Crippen molar-refractivity contribution in [1.82, 2.24) is 20.4 Å². The number of nitrogens with zero attached hydrogens (tertiary/aromatic N) is 3. The predicted molar refractivity (Wildman–Crippen MR) is 108 cm³/mol. The molecule has 2 N–H and O–H groups in total. The number of hydrogen-bond acceptors (Lipinski definition) is 4. The minimum Gasteiger partial charge on any atom is -0.454 e. The summed E-state index contributed by atoms with van der Waals surface area (Å²) >= 11 is 0. The lowest BCUT2D eigenvalue weighted by Crippen LogP contribution is -2.37. The van der Waals surface area contributed by atoms with E-state index >= 15 is 0 Å². The average Bonchev–Trinajstić information content (AvgIpc) is 3.40. The molecule has 7 nitrogen and oxygen atoms in total. The largest absolute Gasteiger partial charge is 0.454 e. The fourth-order valence-electron chi connectivity index (χ4n) is 3.00. The maximum Gasteiger partial charge on any atom is 0.231 e. The van der Waals surface area contributed by atoms with Crippen molar-refractivity contribution < 1.29 is 9.47 Å². The molecule has 1 aliphatic heterocycles. The minimum absolute atomic E-state index is 0.299. The summed E-state index contributed by atoms with van der Waals surface area (Å²) < 4.78 is 12.6. The molecule has 1 aromatic heterocycles. The van der Waals surface area contributed by atoms with E-state index in [1.807, 2.05) is 59.4 Å². The number of rotatable bonds is 6. The molecule has 0 saturated carbocycles. The van der Waals surface area contributed by atoms with Crippen molar-refractivity contribution in [3.05, 3.63) is 72.1 Å². The quantitative estimate of drug-likeness (QED) is 0.510. The zero-order valence-corrected chi connectivity index (χ0v) is 15.8. The highest BCUT2D eigenvalue weighted by Crippen LogP contribution is 2.32. The fraction of sp³-hybridized carbons (Fsp3) is 0.238. The highest BCUT2D eigenvalue weighted by molar-refractivity contribution is 5.79. The second-order valence-electron chi connectivity index (χ2n) is 6.38. The van der Waals surface area contributed by atoms with E-state index in [9.17, 15) is 0 Å². The lowest BCUT2D eigenvalue weighted by molar-refractivity contribution is 0.174. The zero-order valence-electron chi connectivity index (χ0n) is 15.8. The fourth-order valence-corrected chi connectivity index (χ4v) is 3.00. The van der Waals surface area contributed by atoms with E-state index in [-0.39, 0.29) is 0 Å². The van der Waals surface area contributed by atoms with Crippen molar-refractivity contribution >= 4 is 5.96 Å². The first-order chi connectivity index (χ1) is 13.8. The highest BCUT2D eigenvalue weighted by atomic mass is 16.7. The Morgan fingerprint density at radius 1 is 1.07 bits per heavy atom. The highest BCUT2D eigenvalue weighted by Gasteiger charge is 2.13. The van der Waals surface area contributed by atoms with E-state index in [0.29, 0.717) is 13.3 Å². The first-order valence-electron chi connectivity index (χ1n) is 9.25.